The maximum atomic E-state index is 13.2. The average Bonchev–Trinajstić information content (AvgIpc) is 2.87. The van der Waals surface area contributed by atoms with E-state index >= 15 is 0 Å². The van der Waals surface area contributed by atoms with E-state index in [1.165, 1.54) is 13.3 Å². The van der Waals surface area contributed by atoms with Crippen molar-refractivity contribution in [2.45, 2.75) is 13.1 Å². The number of halogens is 4. The van der Waals surface area contributed by atoms with E-state index in [0.29, 0.717) is 28.1 Å². The van der Waals surface area contributed by atoms with Gasteiger partial charge in [0.05, 0.1) is 17.3 Å². The fourth-order valence-electron chi connectivity index (χ4n) is 2.62. The van der Waals surface area contributed by atoms with Gasteiger partial charge in [-0.15, -0.1) is 0 Å². The summed E-state index contributed by atoms with van der Waals surface area (Å²) in [6, 6.07) is 1.98. The summed E-state index contributed by atoms with van der Waals surface area (Å²) in [7, 11) is 3.09. The van der Waals surface area contributed by atoms with Gasteiger partial charge in [0.2, 0.25) is 5.28 Å². The monoisotopic (exact) mass is 386 g/mol. The quantitative estimate of drug-likeness (QED) is 0.501. The Bertz CT molecular complexity index is 972. The standard InChI is InChI=1S/C16H14ClF3N4O2/c1-8-4-9(16(18,19)20)5-11(26-7-25-3)12(8)14-22-13-10(24(14)2)6-21-15(17)23-13/h4-6H,7H2,1-3H3. The molecule has 0 radical (unpaired) electrons. The fourth-order valence-corrected chi connectivity index (χ4v) is 2.75. The van der Waals surface area contributed by atoms with Gasteiger partial charge in [0.15, 0.2) is 12.4 Å². The first kappa shape index (κ1) is 18.4. The fraction of sp³-hybridized carbons (Fsp3) is 0.312. The second-order valence-electron chi connectivity index (χ2n) is 5.56. The molecule has 6 nitrogen and oxygen atoms in total. The minimum atomic E-state index is -4.50. The largest absolute Gasteiger partial charge is 0.467 e. The first-order valence-electron chi connectivity index (χ1n) is 7.41. The molecule has 0 unspecified atom stereocenters. The first-order chi connectivity index (χ1) is 12.2. The maximum Gasteiger partial charge on any atom is 0.416 e. The van der Waals surface area contributed by atoms with Crippen molar-refractivity contribution in [1.29, 1.82) is 0 Å². The normalized spacial score (nSPS) is 12.0. The molecule has 1 aromatic carbocycles. The highest BCUT2D eigenvalue weighted by atomic mass is 35.5. The Morgan fingerprint density at radius 1 is 1.23 bits per heavy atom. The van der Waals surface area contributed by atoms with Crippen LogP contribution >= 0.6 is 11.6 Å². The number of aryl methyl sites for hydroxylation is 2. The minimum Gasteiger partial charge on any atom is -0.467 e. The molecule has 0 saturated heterocycles. The first-order valence-corrected chi connectivity index (χ1v) is 7.79. The van der Waals surface area contributed by atoms with Gasteiger partial charge in [0.25, 0.3) is 0 Å². The number of alkyl halides is 3. The van der Waals surface area contributed by atoms with Gasteiger partial charge in [-0.2, -0.15) is 18.2 Å². The number of ether oxygens (including phenoxy) is 2. The third-order valence-electron chi connectivity index (χ3n) is 3.79. The van der Waals surface area contributed by atoms with Crippen LogP contribution in [-0.2, 0) is 18.0 Å². The SMILES string of the molecule is COCOc1cc(C(F)(F)F)cc(C)c1-c1nc2nc(Cl)ncc2n1C. The summed E-state index contributed by atoms with van der Waals surface area (Å²) in [6.07, 6.45) is -3.00. The van der Waals surface area contributed by atoms with E-state index in [0.717, 1.165) is 12.1 Å². The molecule has 0 atom stereocenters. The molecule has 0 aliphatic heterocycles. The van der Waals surface area contributed by atoms with Crippen LogP contribution < -0.4 is 4.74 Å². The molecule has 0 spiro atoms. The molecule has 3 aromatic rings. The van der Waals surface area contributed by atoms with E-state index in [-0.39, 0.29) is 17.8 Å². The predicted octanol–water partition coefficient (Wildman–Crippen LogP) is 3.99. The lowest BCUT2D eigenvalue weighted by molar-refractivity contribution is -0.137. The van der Waals surface area contributed by atoms with Crippen molar-refractivity contribution in [2.24, 2.45) is 7.05 Å². The molecule has 0 amide bonds. The van der Waals surface area contributed by atoms with Crippen molar-refractivity contribution in [3.63, 3.8) is 0 Å². The van der Waals surface area contributed by atoms with Gasteiger partial charge >= 0.3 is 6.18 Å². The van der Waals surface area contributed by atoms with E-state index in [9.17, 15) is 13.2 Å². The van der Waals surface area contributed by atoms with Crippen LogP contribution in [0.25, 0.3) is 22.6 Å². The molecule has 0 fully saturated rings. The van der Waals surface area contributed by atoms with Gasteiger partial charge in [0, 0.05) is 14.2 Å². The highest BCUT2D eigenvalue weighted by molar-refractivity contribution is 6.28. The van der Waals surface area contributed by atoms with Gasteiger partial charge in [-0.1, -0.05) is 0 Å². The zero-order valence-electron chi connectivity index (χ0n) is 14.1. The van der Waals surface area contributed by atoms with Crippen molar-refractivity contribution >= 4 is 22.8 Å². The summed E-state index contributed by atoms with van der Waals surface area (Å²) in [4.78, 5) is 12.3. The van der Waals surface area contributed by atoms with Crippen LogP contribution in [0.1, 0.15) is 11.1 Å². The van der Waals surface area contributed by atoms with Gasteiger partial charge in [-0.3, -0.25) is 0 Å². The molecule has 3 rings (SSSR count). The van der Waals surface area contributed by atoms with Gasteiger partial charge in [-0.05, 0) is 36.2 Å². The van der Waals surface area contributed by atoms with Gasteiger partial charge < -0.3 is 14.0 Å². The Balaban J connectivity index is 2.25. The van der Waals surface area contributed by atoms with Crippen molar-refractivity contribution < 1.29 is 22.6 Å². The summed E-state index contributed by atoms with van der Waals surface area (Å²) in [5, 5.41) is 0.0298. The molecule has 2 aromatic heterocycles. The molecule has 0 saturated carbocycles. The molecule has 2 heterocycles. The van der Waals surface area contributed by atoms with Crippen LogP contribution in [0.3, 0.4) is 0 Å². The number of methoxy groups -OCH3 is 1. The third kappa shape index (κ3) is 3.32. The van der Waals surface area contributed by atoms with Crippen molar-refractivity contribution in [3.05, 3.63) is 34.7 Å². The molecule has 0 aliphatic rings. The van der Waals surface area contributed by atoms with E-state index in [1.807, 2.05) is 0 Å². The van der Waals surface area contributed by atoms with Crippen molar-refractivity contribution in [3.8, 4) is 17.1 Å². The lowest BCUT2D eigenvalue weighted by atomic mass is 10.0. The van der Waals surface area contributed by atoms with Crippen molar-refractivity contribution in [2.75, 3.05) is 13.9 Å². The molecule has 0 N–H and O–H groups in total. The molecular weight excluding hydrogens is 373 g/mol. The van der Waals surface area contributed by atoms with Crippen LogP contribution in [0.5, 0.6) is 5.75 Å². The Hall–Kier alpha value is -2.39. The van der Waals surface area contributed by atoms with Gasteiger partial charge in [0.1, 0.15) is 17.1 Å². The Morgan fingerprint density at radius 3 is 2.62 bits per heavy atom. The van der Waals surface area contributed by atoms with Crippen LogP contribution in [0.15, 0.2) is 18.3 Å². The summed E-state index contributed by atoms with van der Waals surface area (Å²) in [5.74, 6) is 0.394. The number of nitrogens with zero attached hydrogens (tertiary/aromatic N) is 4. The average molecular weight is 387 g/mol. The molecule has 26 heavy (non-hydrogen) atoms. The lowest BCUT2D eigenvalue weighted by Crippen LogP contribution is -2.09. The highest BCUT2D eigenvalue weighted by Gasteiger charge is 2.33. The highest BCUT2D eigenvalue weighted by Crippen LogP contribution is 2.40. The molecular formula is C16H14ClF3N4O2. The predicted molar refractivity (Wildman–Crippen MR) is 89.0 cm³/mol. The van der Waals surface area contributed by atoms with Gasteiger partial charge in [-0.25, -0.2) is 9.97 Å². The smallest absolute Gasteiger partial charge is 0.416 e. The number of benzene rings is 1. The summed E-state index contributed by atoms with van der Waals surface area (Å²) in [6.45, 7) is 1.35. The van der Waals surface area contributed by atoms with Crippen LogP contribution in [0.4, 0.5) is 13.2 Å². The number of fused-ring (bicyclic) bond motifs is 1. The molecule has 138 valence electrons. The molecule has 0 aliphatic carbocycles. The lowest BCUT2D eigenvalue weighted by Gasteiger charge is -2.16. The number of imidazole rings is 1. The summed E-state index contributed by atoms with van der Waals surface area (Å²) in [5.41, 5.74) is 0.863. The Labute approximate surface area is 151 Å². The van der Waals surface area contributed by atoms with E-state index in [2.05, 4.69) is 15.0 Å². The Morgan fingerprint density at radius 2 is 1.96 bits per heavy atom. The number of aromatic nitrogens is 4. The number of hydrogen-bond donors (Lipinski definition) is 0. The number of hydrogen-bond acceptors (Lipinski definition) is 5. The van der Waals surface area contributed by atoms with Crippen LogP contribution in [0, 0.1) is 6.92 Å². The number of rotatable bonds is 4. The van der Waals surface area contributed by atoms with E-state index < -0.39 is 11.7 Å². The van der Waals surface area contributed by atoms with Crippen molar-refractivity contribution in [1.82, 2.24) is 19.5 Å². The summed E-state index contributed by atoms with van der Waals surface area (Å²) >= 11 is 5.79. The van der Waals surface area contributed by atoms with E-state index in [1.54, 1.807) is 18.5 Å². The summed E-state index contributed by atoms with van der Waals surface area (Å²) < 4.78 is 51.4. The minimum absolute atomic E-state index is 0.0108. The van der Waals surface area contributed by atoms with Crippen LogP contribution in [0.2, 0.25) is 5.28 Å². The zero-order chi connectivity index (χ0) is 19.1. The van der Waals surface area contributed by atoms with E-state index in [4.69, 9.17) is 21.1 Å². The topological polar surface area (TPSA) is 62.1 Å². The zero-order valence-corrected chi connectivity index (χ0v) is 14.8. The third-order valence-corrected chi connectivity index (χ3v) is 3.98. The second-order valence-corrected chi connectivity index (χ2v) is 5.90. The maximum absolute atomic E-state index is 13.2. The molecule has 0 bridgehead atoms. The second kappa shape index (κ2) is 6.73. The van der Waals surface area contributed by atoms with Crippen LogP contribution in [-0.4, -0.2) is 33.4 Å². The Kier molecular flexibility index (Phi) is 4.76. The molecule has 10 heteroatoms.